The molecule has 0 aromatic heterocycles. The molecule has 2 N–H and O–H groups in total. The van der Waals surface area contributed by atoms with Gasteiger partial charge in [-0.3, -0.25) is 0 Å². The molecule has 112 valence electrons. The van der Waals surface area contributed by atoms with E-state index in [-0.39, 0.29) is 17.7 Å². The first-order valence-corrected chi connectivity index (χ1v) is 7.08. The van der Waals surface area contributed by atoms with E-state index in [4.69, 9.17) is 10.5 Å². The number of nitrogens with zero attached hydrogens (tertiary/aromatic N) is 1. The number of rotatable bonds is 4. The molecule has 0 heterocycles. The second kappa shape index (κ2) is 6.75. The minimum absolute atomic E-state index is 0.0858. The van der Waals surface area contributed by atoms with Crippen LogP contribution in [0.3, 0.4) is 0 Å². The summed E-state index contributed by atoms with van der Waals surface area (Å²) in [7, 11) is 0. The Morgan fingerprint density at radius 1 is 1.40 bits per heavy atom. The summed E-state index contributed by atoms with van der Waals surface area (Å²) < 4.78 is 5.46. The van der Waals surface area contributed by atoms with Gasteiger partial charge in [-0.25, -0.2) is 4.79 Å². The monoisotopic (exact) mass is 278 g/mol. The lowest BCUT2D eigenvalue weighted by atomic mass is 10.1. The number of hydrogen-bond donors (Lipinski definition) is 1. The van der Waals surface area contributed by atoms with E-state index in [1.54, 1.807) is 11.0 Å². The summed E-state index contributed by atoms with van der Waals surface area (Å²) in [6.45, 7) is 10.5. The van der Waals surface area contributed by atoms with E-state index in [2.05, 4.69) is 0 Å². The van der Waals surface area contributed by atoms with Crippen LogP contribution >= 0.6 is 0 Å². The van der Waals surface area contributed by atoms with Crippen LogP contribution < -0.4 is 10.5 Å². The third kappa shape index (κ3) is 4.85. The van der Waals surface area contributed by atoms with E-state index in [1.807, 2.05) is 52.8 Å². The van der Waals surface area contributed by atoms with Crippen LogP contribution in [-0.4, -0.2) is 29.1 Å². The second-order valence-electron chi connectivity index (χ2n) is 6.11. The minimum atomic E-state index is -0.321. The van der Waals surface area contributed by atoms with Crippen LogP contribution in [0, 0.1) is 0 Å². The quantitative estimate of drug-likeness (QED) is 0.920. The van der Waals surface area contributed by atoms with Gasteiger partial charge < -0.3 is 15.4 Å². The zero-order valence-corrected chi connectivity index (χ0v) is 13.1. The Morgan fingerprint density at radius 3 is 2.55 bits per heavy atom. The Balaban J connectivity index is 2.80. The first-order chi connectivity index (χ1) is 9.24. The average Bonchev–Trinajstić information content (AvgIpc) is 2.26. The van der Waals surface area contributed by atoms with Crippen LogP contribution in [0.25, 0.3) is 0 Å². The molecule has 1 aromatic carbocycles. The van der Waals surface area contributed by atoms with Gasteiger partial charge in [0.25, 0.3) is 0 Å². The van der Waals surface area contributed by atoms with E-state index < -0.39 is 0 Å². The van der Waals surface area contributed by atoms with Crippen molar-refractivity contribution in [3.63, 3.8) is 0 Å². The number of nitrogens with two attached hydrogens (primary N) is 1. The van der Waals surface area contributed by atoms with Gasteiger partial charge in [-0.1, -0.05) is 12.1 Å². The molecule has 0 aliphatic heterocycles. The van der Waals surface area contributed by atoms with Crippen molar-refractivity contribution in [2.75, 3.05) is 6.54 Å². The van der Waals surface area contributed by atoms with Crippen LogP contribution in [0.1, 0.15) is 40.2 Å². The summed E-state index contributed by atoms with van der Waals surface area (Å²) in [6, 6.07) is 7.62. The fraction of sp³-hybridized carbons (Fsp3) is 0.562. The highest BCUT2D eigenvalue weighted by Gasteiger charge is 2.26. The molecular weight excluding hydrogens is 252 g/mol. The molecule has 0 fully saturated rings. The molecule has 0 saturated heterocycles. The van der Waals surface area contributed by atoms with Gasteiger partial charge in [0.2, 0.25) is 0 Å². The number of benzene rings is 1. The normalized spacial score (nSPS) is 12.9. The standard InChI is InChI=1S/C16H26N2O2/c1-6-18(16(3,4)5)15(19)20-14-9-7-8-13(11-14)10-12(2)17/h7-9,11-12H,6,10,17H2,1-5H3. The van der Waals surface area contributed by atoms with Gasteiger partial charge in [-0.2, -0.15) is 0 Å². The highest BCUT2D eigenvalue weighted by Crippen LogP contribution is 2.19. The van der Waals surface area contributed by atoms with Crippen LogP contribution in [0.4, 0.5) is 4.79 Å². The van der Waals surface area contributed by atoms with Crippen molar-refractivity contribution >= 4 is 6.09 Å². The van der Waals surface area contributed by atoms with Crippen molar-refractivity contribution < 1.29 is 9.53 Å². The molecule has 0 spiro atoms. The van der Waals surface area contributed by atoms with Crippen molar-refractivity contribution in [1.82, 2.24) is 4.90 Å². The van der Waals surface area contributed by atoms with Gasteiger partial charge in [-0.05, 0) is 58.7 Å². The molecule has 20 heavy (non-hydrogen) atoms. The molecule has 1 atom stereocenters. The Hall–Kier alpha value is -1.55. The van der Waals surface area contributed by atoms with Crippen LogP contribution in [0.15, 0.2) is 24.3 Å². The molecule has 4 nitrogen and oxygen atoms in total. The van der Waals surface area contributed by atoms with Gasteiger partial charge in [0, 0.05) is 18.1 Å². The largest absolute Gasteiger partial charge is 0.415 e. The van der Waals surface area contributed by atoms with Crippen LogP contribution in [0.2, 0.25) is 0 Å². The van der Waals surface area contributed by atoms with Gasteiger partial charge in [0.1, 0.15) is 5.75 Å². The summed E-state index contributed by atoms with van der Waals surface area (Å²) >= 11 is 0. The lowest BCUT2D eigenvalue weighted by Gasteiger charge is -2.33. The van der Waals surface area contributed by atoms with E-state index in [9.17, 15) is 4.79 Å². The third-order valence-corrected chi connectivity index (χ3v) is 3.01. The van der Waals surface area contributed by atoms with Gasteiger partial charge >= 0.3 is 6.09 Å². The number of amides is 1. The molecule has 1 amide bonds. The molecule has 0 saturated carbocycles. The lowest BCUT2D eigenvalue weighted by molar-refractivity contribution is 0.110. The zero-order chi connectivity index (χ0) is 15.3. The van der Waals surface area contributed by atoms with Crippen molar-refractivity contribution in [3.05, 3.63) is 29.8 Å². The molecule has 1 unspecified atom stereocenters. The number of ether oxygens (including phenoxy) is 1. The molecular formula is C16H26N2O2. The minimum Gasteiger partial charge on any atom is -0.410 e. The zero-order valence-electron chi connectivity index (χ0n) is 13.1. The predicted octanol–water partition coefficient (Wildman–Crippen LogP) is 3.20. The first kappa shape index (κ1) is 16.5. The van der Waals surface area contributed by atoms with Crippen molar-refractivity contribution in [2.24, 2.45) is 5.73 Å². The van der Waals surface area contributed by atoms with E-state index >= 15 is 0 Å². The van der Waals surface area contributed by atoms with Crippen LogP contribution in [-0.2, 0) is 6.42 Å². The maximum Gasteiger partial charge on any atom is 0.415 e. The Kier molecular flexibility index (Phi) is 5.57. The summed E-state index contributed by atoms with van der Waals surface area (Å²) in [5, 5.41) is 0. The van der Waals surface area contributed by atoms with Crippen molar-refractivity contribution in [1.29, 1.82) is 0 Å². The Labute approximate surface area is 121 Å². The second-order valence-corrected chi connectivity index (χ2v) is 6.11. The van der Waals surface area contributed by atoms with Crippen LogP contribution in [0.5, 0.6) is 5.75 Å². The molecule has 1 aromatic rings. The molecule has 0 bridgehead atoms. The first-order valence-electron chi connectivity index (χ1n) is 7.08. The maximum absolute atomic E-state index is 12.2. The Bertz CT molecular complexity index is 450. The summed E-state index contributed by atoms with van der Waals surface area (Å²) in [5.41, 5.74) is 6.61. The molecule has 0 radical (unpaired) electrons. The predicted molar refractivity (Wildman–Crippen MR) is 82.0 cm³/mol. The molecule has 0 aliphatic carbocycles. The highest BCUT2D eigenvalue weighted by atomic mass is 16.6. The van der Waals surface area contributed by atoms with Gasteiger partial charge in [0.05, 0.1) is 0 Å². The van der Waals surface area contributed by atoms with E-state index in [0.29, 0.717) is 12.3 Å². The third-order valence-electron chi connectivity index (χ3n) is 3.01. The molecule has 0 aliphatic rings. The molecule has 1 rings (SSSR count). The summed E-state index contributed by atoms with van der Waals surface area (Å²) in [5.74, 6) is 0.566. The smallest absolute Gasteiger partial charge is 0.410 e. The Morgan fingerprint density at radius 2 is 2.05 bits per heavy atom. The van der Waals surface area contributed by atoms with Crippen molar-refractivity contribution in [3.8, 4) is 5.75 Å². The molecule has 4 heteroatoms. The van der Waals surface area contributed by atoms with Gasteiger partial charge in [0.15, 0.2) is 0 Å². The van der Waals surface area contributed by atoms with E-state index in [0.717, 1.165) is 12.0 Å². The summed E-state index contributed by atoms with van der Waals surface area (Å²) in [4.78, 5) is 13.9. The van der Waals surface area contributed by atoms with Gasteiger partial charge in [-0.15, -0.1) is 0 Å². The average molecular weight is 278 g/mol. The lowest BCUT2D eigenvalue weighted by Crippen LogP contribution is -2.46. The van der Waals surface area contributed by atoms with Crippen molar-refractivity contribution in [2.45, 2.75) is 52.6 Å². The summed E-state index contributed by atoms with van der Waals surface area (Å²) in [6.07, 6.45) is 0.445. The highest BCUT2D eigenvalue weighted by molar-refractivity contribution is 5.71. The number of carbonyl (C=O) groups excluding carboxylic acids is 1. The fourth-order valence-electron chi connectivity index (χ4n) is 2.14. The number of hydrogen-bond acceptors (Lipinski definition) is 3. The maximum atomic E-state index is 12.2. The van der Waals surface area contributed by atoms with E-state index in [1.165, 1.54) is 0 Å². The topological polar surface area (TPSA) is 55.6 Å². The number of carbonyl (C=O) groups is 1. The SMILES string of the molecule is CCN(C(=O)Oc1cccc(CC(C)N)c1)C(C)(C)C. The fourth-order valence-corrected chi connectivity index (χ4v) is 2.14.